The molecule has 3 N–H and O–H groups in total. The Labute approximate surface area is 169 Å². The zero-order valence-corrected chi connectivity index (χ0v) is 16.6. The Morgan fingerprint density at radius 3 is 2.44 bits per heavy atom. The third-order valence-electron chi connectivity index (χ3n) is 3.77. The standard InChI is InChI=1S/C20H22ClN3O2S/c1-2-13-22-19(26)15-7-10-16(11-8-15)23-20(27)24-18(25)12-9-14-5-3-4-6-17(14)21/h3-8,10-11H,2,9,12-13H2,1H3,(H,22,26)(H2,23,24,25,27). The Hall–Kier alpha value is -2.44. The monoisotopic (exact) mass is 403 g/mol. The highest BCUT2D eigenvalue weighted by Gasteiger charge is 2.08. The van der Waals surface area contributed by atoms with Gasteiger partial charge in [-0.3, -0.25) is 9.59 Å². The second-order valence-electron chi connectivity index (χ2n) is 5.93. The summed E-state index contributed by atoms with van der Waals surface area (Å²) in [6, 6.07) is 14.3. The number of rotatable bonds is 7. The first-order valence-corrected chi connectivity index (χ1v) is 9.50. The molecule has 0 bridgehead atoms. The van der Waals surface area contributed by atoms with Crippen molar-refractivity contribution in [3.05, 3.63) is 64.7 Å². The van der Waals surface area contributed by atoms with Crippen molar-refractivity contribution < 1.29 is 9.59 Å². The molecule has 0 spiro atoms. The number of hydrogen-bond donors (Lipinski definition) is 3. The molecule has 0 saturated heterocycles. The number of aryl methyl sites for hydroxylation is 1. The van der Waals surface area contributed by atoms with Gasteiger partial charge in [0.05, 0.1) is 0 Å². The third kappa shape index (κ3) is 7.00. The Kier molecular flexibility index (Phi) is 8.23. The molecular weight excluding hydrogens is 382 g/mol. The molecule has 5 nitrogen and oxygen atoms in total. The van der Waals surface area contributed by atoms with Crippen molar-refractivity contribution in [2.24, 2.45) is 0 Å². The maximum absolute atomic E-state index is 12.0. The van der Waals surface area contributed by atoms with E-state index in [1.165, 1.54) is 0 Å². The van der Waals surface area contributed by atoms with Crippen LogP contribution >= 0.6 is 23.8 Å². The normalized spacial score (nSPS) is 10.1. The van der Waals surface area contributed by atoms with E-state index in [-0.39, 0.29) is 23.3 Å². The molecule has 0 atom stereocenters. The van der Waals surface area contributed by atoms with Crippen LogP contribution in [0.3, 0.4) is 0 Å². The van der Waals surface area contributed by atoms with E-state index in [0.717, 1.165) is 12.0 Å². The number of nitrogens with one attached hydrogen (secondary N) is 3. The van der Waals surface area contributed by atoms with E-state index in [0.29, 0.717) is 29.2 Å². The lowest BCUT2D eigenvalue weighted by molar-refractivity contribution is -0.119. The summed E-state index contributed by atoms with van der Waals surface area (Å²) < 4.78 is 0. The lowest BCUT2D eigenvalue weighted by atomic mass is 10.1. The van der Waals surface area contributed by atoms with Crippen molar-refractivity contribution in [2.45, 2.75) is 26.2 Å². The Bertz CT molecular complexity index is 809. The van der Waals surface area contributed by atoms with Crippen LogP contribution in [0.5, 0.6) is 0 Å². The summed E-state index contributed by atoms with van der Waals surface area (Å²) in [5.41, 5.74) is 2.19. The topological polar surface area (TPSA) is 70.2 Å². The maximum Gasteiger partial charge on any atom is 0.251 e. The number of carbonyl (C=O) groups excluding carboxylic acids is 2. The Balaban J connectivity index is 1.80. The van der Waals surface area contributed by atoms with Gasteiger partial charge in [-0.2, -0.15) is 0 Å². The van der Waals surface area contributed by atoms with Gasteiger partial charge in [-0.15, -0.1) is 0 Å². The maximum atomic E-state index is 12.0. The van der Waals surface area contributed by atoms with Gasteiger partial charge in [-0.25, -0.2) is 0 Å². The number of amides is 2. The summed E-state index contributed by atoms with van der Waals surface area (Å²) in [4.78, 5) is 23.9. The van der Waals surface area contributed by atoms with E-state index in [9.17, 15) is 9.59 Å². The van der Waals surface area contributed by atoms with Crippen molar-refractivity contribution >= 4 is 46.4 Å². The number of hydrogen-bond acceptors (Lipinski definition) is 3. The minimum atomic E-state index is -0.192. The molecule has 0 aliphatic carbocycles. The first-order chi connectivity index (χ1) is 13.0. The molecule has 0 aliphatic rings. The molecule has 27 heavy (non-hydrogen) atoms. The van der Waals surface area contributed by atoms with Crippen LogP contribution in [0, 0.1) is 0 Å². The Morgan fingerprint density at radius 2 is 1.78 bits per heavy atom. The highest BCUT2D eigenvalue weighted by Crippen LogP contribution is 2.16. The zero-order valence-electron chi connectivity index (χ0n) is 15.0. The highest BCUT2D eigenvalue weighted by atomic mass is 35.5. The van der Waals surface area contributed by atoms with Crippen LogP contribution in [-0.4, -0.2) is 23.5 Å². The van der Waals surface area contributed by atoms with Crippen molar-refractivity contribution in [3.8, 4) is 0 Å². The second kappa shape index (κ2) is 10.6. The smallest absolute Gasteiger partial charge is 0.251 e. The van der Waals surface area contributed by atoms with Crippen molar-refractivity contribution in [1.82, 2.24) is 10.6 Å². The van der Waals surface area contributed by atoms with Crippen LogP contribution in [0.15, 0.2) is 48.5 Å². The first-order valence-electron chi connectivity index (χ1n) is 8.72. The van der Waals surface area contributed by atoms with Crippen molar-refractivity contribution in [2.75, 3.05) is 11.9 Å². The third-order valence-corrected chi connectivity index (χ3v) is 4.35. The molecule has 2 aromatic carbocycles. The number of halogens is 1. The summed E-state index contributed by atoms with van der Waals surface area (Å²) in [5.74, 6) is -0.304. The summed E-state index contributed by atoms with van der Waals surface area (Å²) in [6.07, 6.45) is 1.70. The van der Waals surface area contributed by atoms with Crippen LogP contribution in [0.1, 0.15) is 35.7 Å². The predicted molar refractivity (Wildman–Crippen MR) is 113 cm³/mol. The average Bonchev–Trinajstić information content (AvgIpc) is 2.66. The molecule has 0 aliphatic heterocycles. The summed E-state index contributed by atoms with van der Waals surface area (Å²) >= 11 is 11.2. The fourth-order valence-electron chi connectivity index (χ4n) is 2.35. The van der Waals surface area contributed by atoms with Crippen molar-refractivity contribution in [1.29, 1.82) is 0 Å². The highest BCUT2D eigenvalue weighted by molar-refractivity contribution is 7.80. The van der Waals surface area contributed by atoms with Gasteiger partial charge in [-0.05, 0) is 61.0 Å². The van der Waals surface area contributed by atoms with E-state index in [1.54, 1.807) is 30.3 Å². The van der Waals surface area contributed by atoms with Crippen LogP contribution < -0.4 is 16.0 Å². The molecule has 2 amide bonds. The predicted octanol–water partition coefficient (Wildman–Crippen LogP) is 3.93. The summed E-state index contributed by atoms with van der Waals surface area (Å²) in [5, 5.41) is 9.25. The number of benzene rings is 2. The SMILES string of the molecule is CCCNC(=O)c1ccc(NC(=S)NC(=O)CCc2ccccc2Cl)cc1. The van der Waals surface area contributed by atoms with E-state index < -0.39 is 0 Å². The molecule has 0 heterocycles. The van der Waals surface area contributed by atoms with Crippen LogP contribution in [-0.2, 0) is 11.2 Å². The molecule has 0 fully saturated rings. The molecule has 0 radical (unpaired) electrons. The number of anilines is 1. The largest absolute Gasteiger partial charge is 0.352 e. The van der Waals surface area contributed by atoms with E-state index in [1.807, 2.05) is 25.1 Å². The van der Waals surface area contributed by atoms with Gasteiger partial charge in [-0.1, -0.05) is 36.7 Å². The van der Waals surface area contributed by atoms with Crippen LogP contribution in [0.2, 0.25) is 5.02 Å². The van der Waals surface area contributed by atoms with Gasteiger partial charge >= 0.3 is 0 Å². The van der Waals surface area contributed by atoms with Gasteiger partial charge in [0.15, 0.2) is 5.11 Å². The minimum Gasteiger partial charge on any atom is -0.352 e. The van der Waals surface area contributed by atoms with E-state index in [2.05, 4.69) is 16.0 Å². The van der Waals surface area contributed by atoms with Crippen molar-refractivity contribution in [3.63, 3.8) is 0 Å². The summed E-state index contributed by atoms with van der Waals surface area (Å²) in [6.45, 7) is 2.64. The second-order valence-corrected chi connectivity index (χ2v) is 6.74. The molecule has 0 unspecified atom stereocenters. The minimum absolute atomic E-state index is 0.112. The molecular formula is C20H22ClN3O2S. The number of thiocarbonyl (C=S) groups is 1. The van der Waals surface area contributed by atoms with E-state index in [4.69, 9.17) is 23.8 Å². The van der Waals surface area contributed by atoms with Gasteiger partial charge < -0.3 is 16.0 Å². The van der Waals surface area contributed by atoms with Crippen LogP contribution in [0.4, 0.5) is 5.69 Å². The lowest BCUT2D eigenvalue weighted by Crippen LogP contribution is -2.34. The fourth-order valence-corrected chi connectivity index (χ4v) is 2.81. The fraction of sp³-hybridized carbons (Fsp3) is 0.250. The molecule has 0 saturated carbocycles. The molecule has 2 rings (SSSR count). The van der Waals surface area contributed by atoms with E-state index >= 15 is 0 Å². The quantitative estimate of drug-likeness (QED) is 0.613. The molecule has 0 aromatic heterocycles. The van der Waals surface area contributed by atoms with Gasteiger partial charge in [0, 0.05) is 29.2 Å². The molecule has 142 valence electrons. The van der Waals surface area contributed by atoms with Gasteiger partial charge in [0.25, 0.3) is 5.91 Å². The number of carbonyl (C=O) groups is 2. The molecule has 2 aromatic rings. The van der Waals surface area contributed by atoms with Gasteiger partial charge in [0.1, 0.15) is 0 Å². The average molecular weight is 404 g/mol. The first kappa shape index (κ1) is 20.9. The van der Waals surface area contributed by atoms with Crippen LogP contribution in [0.25, 0.3) is 0 Å². The molecule has 7 heteroatoms. The zero-order chi connectivity index (χ0) is 19.6. The lowest BCUT2D eigenvalue weighted by Gasteiger charge is -2.10. The van der Waals surface area contributed by atoms with Gasteiger partial charge in [0.2, 0.25) is 5.91 Å². The summed E-state index contributed by atoms with van der Waals surface area (Å²) in [7, 11) is 0. The Morgan fingerprint density at radius 1 is 1.07 bits per heavy atom.